The molecule has 5 nitrogen and oxygen atoms in total. The number of amides is 1. The van der Waals surface area contributed by atoms with Crippen molar-refractivity contribution in [3.8, 4) is 0 Å². The number of aliphatic carboxylic acids is 1. The van der Waals surface area contributed by atoms with Crippen molar-refractivity contribution in [3.05, 3.63) is 24.0 Å². The van der Waals surface area contributed by atoms with Crippen LogP contribution in [-0.2, 0) is 9.59 Å². The Morgan fingerprint density at radius 2 is 2.06 bits per heavy atom. The third-order valence-corrected chi connectivity index (χ3v) is 2.56. The molecule has 0 unspecified atom stereocenters. The first-order valence-electron chi connectivity index (χ1n) is 5.72. The lowest BCUT2D eigenvalue weighted by Crippen LogP contribution is -2.25. The molecule has 0 fully saturated rings. The molecule has 18 heavy (non-hydrogen) atoms. The smallest absolute Gasteiger partial charge is 0.303 e. The Morgan fingerprint density at radius 1 is 1.39 bits per heavy atom. The molecule has 1 aromatic rings. The molecule has 0 aromatic carbocycles. The van der Waals surface area contributed by atoms with E-state index in [1.165, 1.54) is 0 Å². The fraction of sp³-hybridized carbons (Fsp3) is 0.462. The minimum Gasteiger partial charge on any atom is -0.481 e. The third-order valence-electron chi connectivity index (χ3n) is 2.56. The summed E-state index contributed by atoms with van der Waals surface area (Å²) in [6.45, 7) is 5.38. The number of carboxylic acids is 1. The summed E-state index contributed by atoms with van der Waals surface area (Å²) in [6, 6.07) is 1.72. The summed E-state index contributed by atoms with van der Waals surface area (Å²) in [5.41, 5.74) is 1.03. The number of carboxylic acid groups (broad SMARTS) is 1. The predicted molar refractivity (Wildman–Crippen MR) is 68.3 cm³/mol. The van der Waals surface area contributed by atoms with Gasteiger partial charge in [-0.2, -0.15) is 0 Å². The van der Waals surface area contributed by atoms with Crippen LogP contribution in [0.15, 0.2) is 18.5 Å². The second-order valence-electron chi connectivity index (χ2n) is 5.15. The van der Waals surface area contributed by atoms with Gasteiger partial charge in [0, 0.05) is 24.5 Å². The van der Waals surface area contributed by atoms with E-state index in [4.69, 9.17) is 5.11 Å². The number of carbonyl (C=O) groups excluding carboxylic acids is 1. The molecule has 1 amide bonds. The first-order chi connectivity index (χ1) is 8.30. The summed E-state index contributed by atoms with van der Waals surface area (Å²) < 4.78 is 0. The minimum absolute atomic E-state index is 0.0320. The Bertz CT molecular complexity index is 455. The monoisotopic (exact) mass is 250 g/mol. The summed E-state index contributed by atoms with van der Waals surface area (Å²) in [5.74, 6) is -1.08. The average Bonchev–Trinajstić information content (AvgIpc) is 2.18. The van der Waals surface area contributed by atoms with Gasteiger partial charge in [-0.15, -0.1) is 0 Å². The summed E-state index contributed by atoms with van der Waals surface area (Å²) in [7, 11) is 0. The first-order valence-corrected chi connectivity index (χ1v) is 5.72. The summed E-state index contributed by atoms with van der Waals surface area (Å²) in [5, 5.41) is 11.5. The number of nitrogens with one attached hydrogen (secondary N) is 1. The van der Waals surface area contributed by atoms with Crippen molar-refractivity contribution in [1.29, 1.82) is 0 Å². The second kappa shape index (κ2) is 5.62. The van der Waals surface area contributed by atoms with Crippen molar-refractivity contribution >= 4 is 17.6 Å². The van der Waals surface area contributed by atoms with Gasteiger partial charge in [0.05, 0.1) is 6.42 Å². The fourth-order valence-corrected chi connectivity index (χ4v) is 1.71. The maximum absolute atomic E-state index is 11.8. The molecular weight excluding hydrogens is 232 g/mol. The molecule has 0 aliphatic heterocycles. The van der Waals surface area contributed by atoms with Crippen LogP contribution in [0.1, 0.15) is 32.3 Å². The highest BCUT2D eigenvalue weighted by atomic mass is 16.4. The summed E-state index contributed by atoms with van der Waals surface area (Å²) in [6.07, 6.45) is 3.40. The Morgan fingerprint density at radius 3 is 2.61 bits per heavy atom. The van der Waals surface area contributed by atoms with Crippen LogP contribution >= 0.6 is 0 Å². The fourth-order valence-electron chi connectivity index (χ4n) is 1.71. The van der Waals surface area contributed by atoms with Gasteiger partial charge in [-0.25, -0.2) is 0 Å². The average molecular weight is 250 g/mol. The van der Waals surface area contributed by atoms with E-state index in [1.807, 2.05) is 6.92 Å². The molecule has 0 radical (unpaired) electrons. The molecule has 0 bridgehead atoms. The van der Waals surface area contributed by atoms with Crippen LogP contribution in [0.5, 0.6) is 0 Å². The van der Waals surface area contributed by atoms with Gasteiger partial charge in [0.15, 0.2) is 0 Å². The largest absolute Gasteiger partial charge is 0.481 e. The van der Waals surface area contributed by atoms with Gasteiger partial charge in [0.2, 0.25) is 5.91 Å². The maximum Gasteiger partial charge on any atom is 0.303 e. The zero-order valence-electron chi connectivity index (χ0n) is 10.9. The highest BCUT2D eigenvalue weighted by Crippen LogP contribution is 2.25. The lowest BCUT2D eigenvalue weighted by molar-refractivity contribution is -0.139. The van der Waals surface area contributed by atoms with Crippen molar-refractivity contribution < 1.29 is 14.7 Å². The number of aromatic nitrogens is 1. The van der Waals surface area contributed by atoms with E-state index < -0.39 is 11.4 Å². The van der Waals surface area contributed by atoms with Crippen molar-refractivity contribution in [1.82, 2.24) is 4.98 Å². The number of hydrogen-bond donors (Lipinski definition) is 2. The summed E-state index contributed by atoms with van der Waals surface area (Å²) in [4.78, 5) is 26.4. The van der Waals surface area contributed by atoms with Gasteiger partial charge in [-0.1, -0.05) is 13.8 Å². The van der Waals surface area contributed by atoms with Gasteiger partial charge in [0.25, 0.3) is 0 Å². The van der Waals surface area contributed by atoms with Gasteiger partial charge in [-0.05, 0) is 24.0 Å². The number of hydrogen-bond acceptors (Lipinski definition) is 3. The van der Waals surface area contributed by atoms with Crippen LogP contribution < -0.4 is 5.32 Å². The van der Waals surface area contributed by atoms with Gasteiger partial charge < -0.3 is 10.4 Å². The molecular formula is C13H18N2O3. The SMILES string of the molecule is Cc1cnccc1NC(=O)CC(C)(C)CC(=O)O. The number of aryl methyl sites for hydroxylation is 1. The van der Waals surface area contributed by atoms with Crippen LogP contribution in [-0.4, -0.2) is 22.0 Å². The molecule has 1 heterocycles. The molecule has 0 saturated heterocycles. The van der Waals surface area contributed by atoms with Crippen molar-refractivity contribution in [2.24, 2.45) is 5.41 Å². The molecule has 0 spiro atoms. The number of anilines is 1. The lowest BCUT2D eigenvalue weighted by Gasteiger charge is -2.21. The van der Waals surface area contributed by atoms with Crippen LogP contribution in [0.2, 0.25) is 0 Å². The number of carbonyl (C=O) groups is 2. The van der Waals surface area contributed by atoms with E-state index in [9.17, 15) is 9.59 Å². The van der Waals surface area contributed by atoms with E-state index >= 15 is 0 Å². The van der Waals surface area contributed by atoms with E-state index in [2.05, 4.69) is 10.3 Å². The van der Waals surface area contributed by atoms with Crippen molar-refractivity contribution in [3.63, 3.8) is 0 Å². The summed E-state index contributed by atoms with van der Waals surface area (Å²) >= 11 is 0. The zero-order chi connectivity index (χ0) is 13.8. The predicted octanol–water partition coefficient (Wildman–Crippen LogP) is 2.22. The van der Waals surface area contributed by atoms with Gasteiger partial charge in [-0.3, -0.25) is 14.6 Å². The van der Waals surface area contributed by atoms with E-state index in [0.717, 1.165) is 5.56 Å². The molecule has 2 N–H and O–H groups in total. The van der Waals surface area contributed by atoms with Crippen LogP contribution in [0.25, 0.3) is 0 Å². The van der Waals surface area contributed by atoms with E-state index in [1.54, 1.807) is 32.3 Å². The third kappa shape index (κ3) is 4.53. The number of pyridine rings is 1. The molecule has 0 aliphatic carbocycles. The standard InChI is InChI=1S/C13H18N2O3/c1-9-8-14-5-4-10(9)15-11(16)6-13(2,3)7-12(17)18/h4-5,8H,6-7H2,1-3H3,(H,17,18)(H,14,15,16). The van der Waals surface area contributed by atoms with Crippen LogP contribution in [0, 0.1) is 12.3 Å². The van der Waals surface area contributed by atoms with Gasteiger partial charge >= 0.3 is 5.97 Å². The topological polar surface area (TPSA) is 79.3 Å². The molecule has 0 atom stereocenters. The molecule has 5 heteroatoms. The lowest BCUT2D eigenvalue weighted by atomic mass is 9.85. The Hall–Kier alpha value is -1.91. The van der Waals surface area contributed by atoms with Crippen molar-refractivity contribution in [2.45, 2.75) is 33.6 Å². The molecule has 1 rings (SSSR count). The zero-order valence-corrected chi connectivity index (χ0v) is 10.9. The quantitative estimate of drug-likeness (QED) is 0.839. The van der Waals surface area contributed by atoms with Crippen LogP contribution in [0.4, 0.5) is 5.69 Å². The highest BCUT2D eigenvalue weighted by molar-refractivity contribution is 5.92. The Kier molecular flexibility index (Phi) is 4.42. The normalized spacial score (nSPS) is 11.1. The first kappa shape index (κ1) is 14.2. The Balaban J connectivity index is 2.62. The van der Waals surface area contributed by atoms with E-state index in [0.29, 0.717) is 5.69 Å². The maximum atomic E-state index is 11.8. The Labute approximate surface area is 106 Å². The second-order valence-corrected chi connectivity index (χ2v) is 5.15. The molecule has 1 aromatic heterocycles. The molecule has 0 aliphatic rings. The molecule has 98 valence electrons. The number of rotatable bonds is 5. The van der Waals surface area contributed by atoms with E-state index in [-0.39, 0.29) is 18.7 Å². The highest BCUT2D eigenvalue weighted by Gasteiger charge is 2.25. The molecule has 0 saturated carbocycles. The van der Waals surface area contributed by atoms with Gasteiger partial charge in [0.1, 0.15) is 0 Å². The minimum atomic E-state index is -0.895. The van der Waals surface area contributed by atoms with Crippen molar-refractivity contribution in [2.75, 3.05) is 5.32 Å². The van der Waals surface area contributed by atoms with Crippen LogP contribution in [0.3, 0.4) is 0 Å². The number of nitrogens with zero attached hydrogens (tertiary/aromatic N) is 1.